The van der Waals surface area contributed by atoms with Gasteiger partial charge in [0.25, 0.3) is 0 Å². The van der Waals surface area contributed by atoms with E-state index in [0.717, 1.165) is 40.4 Å². The summed E-state index contributed by atoms with van der Waals surface area (Å²) in [5, 5.41) is 4.06. The van der Waals surface area contributed by atoms with Gasteiger partial charge in [0.1, 0.15) is 0 Å². The number of likely N-dealkylation sites (tertiary alicyclic amines) is 1. The zero-order valence-electron chi connectivity index (χ0n) is 13.5. The van der Waals surface area contributed by atoms with Crippen molar-refractivity contribution in [3.63, 3.8) is 0 Å². The molecule has 1 aliphatic heterocycles. The Morgan fingerprint density at radius 2 is 2.08 bits per heavy atom. The van der Waals surface area contributed by atoms with E-state index in [4.69, 9.17) is 0 Å². The summed E-state index contributed by atoms with van der Waals surface area (Å²) in [6, 6.07) is 16.3. The molecule has 1 aliphatic rings. The van der Waals surface area contributed by atoms with Crippen LogP contribution in [-0.4, -0.2) is 29.0 Å². The zero-order chi connectivity index (χ0) is 16.5. The number of nitrogens with zero attached hydrogens (tertiary/aromatic N) is 2. The number of rotatable bonds is 2. The van der Waals surface area contributed by atoms with Gasteiger partial charge in [0.05, 0.1) is 15.2 Å². The number of aromatic nitrogens is 1. The smallest absolute Gasteiger partial charge is 0.321 e. The van der Waals surface area contributed by atoms with Crippen LogP contribution in [0.2, 0.25) is 0 Å². The molecule has 5 heteroatoms. The van der Waals surface area contributed by atoms with Gasteiger partial charge in [-0.1, -0.05) is 30.3 Å². The second-order valence-corrected chi connectivity index (χ2v) is 7.42. The molecule has 24 heavy (non-hydrogen) atoms. The summed E-state index contributed by atoms with van der Waals surface area (Å²) in [7, 11) is 0. The van der Waals surface area contributed by atoms with Gasteiger partial charge in [-0.2, -0.15) is 0 Å². The van der Waals surface area contributed by atoms with Crippen molar-refractivity contribution >= 4 is 33.3 Å². The number of thiazole rings is 1. The largest absolute Gasteiger partial charge is 0.324 e. The van der Waals surface area contributed by atoms with E-state index in [9.17, 15) is 4.79 Å². The number of nitrogens with one attached hydrogen (secondary N) is 1. The van der Waals surface area contributed by atoms with Crippen LogP contribution in [0.5, 0.6) is 0 Å². The number of fused-ring (bicyclic) bond motifs is 1. The molecule has 0 aliphatic carbocycles. The molecular weight excluding hydrogens is 318 g/mol. The van der Waals surface area contributed by atoms with E-state index in [1.54, 1.807) is 11.3 Å². The normalized spacial score (nSPS) is 17.4. The first-order valence-electron chi connectivity index (χ1n) is 8.17. The van der Waals surface area contributed by atoms with E-state index in [-0.39, 0.29) is 6.03 Å². The number of urea groups is 1. The first-order chi connectivity index (χ1) is 11.7. The molecule has 2 aromatic carbocycles. The van der Waals surface area contributed by atoms with E-state index in [1.165, 1.54) is 5.56 Å². The summed E-state index contributed by atoms with van der Waals surface area (Å²) >= 11 is 1.65. The Morgan fingerprint density at radius 3 is 2.92 bits per heavy atom. The average Bonchev–Trinajstić information content (AvgIpc) is 3.21. The number of hydrogen-bond acceptors (Lipinski definition) is 3. The Morgan fingerprint density at radius 1 is 1.25 bits per heavy atom. The summed E-state index contributed by atoms with van der Waals surface area (Å²) < 4.78 is 1.11. The van der Waals surface area contributed by atoms with Crippen LogP contribution in [0.15, 0.2) is 48.5 Å². The molecule has 0 saturated carbocycles. The third kappa shape index (κ3) is 2.99. The molecule has 1 aromatic heterocycles. The molecule has 4 rings (SSSR count). The maximum absolute atomic E-state index is 12.5. The molecule has 3 aromatic rings. The predicted molar refractivity (Wildman–Crippen MR) is 98.7 cm³/mol. The SMILES string of the molecule is Cc1nc2ccc(NC(=O)N3CC[C@@H](c4ccccc4)C3)cc2s1. The lowest BCUT2D eigenvalue weighted by Gasteiger charge is -2.17. The van der Waals surface area contributed by atoms with Crippen molar-refractivity contribution < 1.29 is 4.79 Å². The minimum absolute atomic E-state index is 0.0194. The number of amides is 2. The lowest BCUT2D eigenvalue weighted by atomic mass is 9.99. The highest BCUT2D eigenvalue weighted by atomic mass is 32.1. The zero-order valence-corrected chi connectivity index (χ0v) is 14.3. The van der Waals surface area contributed by atoms with Crippen molar-refractivity contribution in [2.24, 2.45) is 0 Å². The highest BCUT2D eigenvalue weighted by molar-refractivity contribution is 7.18. The van der Waals surface area contributed by atoms with Crippen LogP contribution in [0.25, 0.3) is 10.2 Å². The first-order valence-corrected chi connectivity index (χ1v) is 8.99. The van der Waals surface area contributed by atoms with Crippen LogP contribution < -0.4 is 5.32 Å². The van der Waals surface area contributed by atoms with Gasteiger partial charge in [0.15, 0.2) is 0 Å². The quantitative estimate of drug-likeness (QED) is 0.741. The van der Waals surface area contributed by atoms with E-state index in [2.05, 4.69) is 34.6 Å². The molecule has 0 radical (unpaired) electrons. The van der Waals surface area contributed by atoms with E-state index in [1.807, 2.05) is 36.1 Å². The van der Waals surface area contributed by atoms with E-state index >= 15 is 0 Å². The average molecular weight is 337 g/mol. The lowest BCUT2D eigenvalue weighted by molar-refractivity contribution is 0.222. The summed E-state index contributed by atoms with van der Waals surface area (Å²) in [4.78, 5) is 18.9. The van der Waals surface area contributed by atoms with Gasteiger partial charge in [0.2, 0.25) is 0 Å². The molecule has 122 valence electrons. The Hall–Kier alpha value is -2.40. The van der Waals surface area contributed by atoms with Gasteiger partial charge in [0, 0.05) is 24.7 Å². The number of benzene rings is 2. The monoisotopic (exact) mass is 337 g/mol. The highest BCUT2D eigenvalue weighted by Gasteiger charge is 2.27. The number of hydrogen-bond donors (Lipinski definition) is 1. The fourth-order valence-corrected chi connectivity index (χ4v) is 4.13. The fraction of sp³-hybridized carbons (Fsp3) is 0.263. The van der Waals surface area contributed by atoms with Gasteiger partial charge in [-0.15, -0.1) is 11.3 Å². The molecule has 0 spiro atoms. The van der Waals surface area contributed by atoms with Gasteiger partial charge < -0.3 is 10.2 Å². The number of carbonyl (C=O) groups excluding carboxylic acids is 1. The van der Waals surface area contributed by atoms with Crippen LogP contribution in [0, 0.1) is 6.92 Å². The van der Waals surface area contributed by atoms with Crippen molar-refractivity contribution in [3.05, 3.63) is 59.1 Å². The van der Waals surface area contributed by atoms with Crippen molar-refractivity contribution in [2.45, 2.75) is 19.3 Å². The summed E-state index contributed by atoms with van der Waals surface area (Å²) in [6.07, 6.45) is 1.02. The van der Waals surface area contributed by atoms with Crippen molar-refractivity contribution in [1.29, 1.82) is 0 Å². The van der Waals surface area contributed by atoms with E-state index < -0.39 is 0 Å². The molecule has 2 heterocycles. The number of carbonyl (C=O) groups is 1. The van der Waals surface area contributed by atoms with Gasteiger partial charge in [-0.25, -0.2) is 9.78 Å². The van der Waals surface area contributed by atoms with Crippen molar-refractivity contribution in [3.8, 4) is 0 Å². The molecule has 1 fully saturated rings. The second kappa shape index (κ2) is 6.24. The second-order valence-electron chi connectivity index (χ2n) is 6.19. The maximum atomic E-state index is 12.5. The minimum Gasteiger partial charge on any atom is -0.324 e. The fourth-order valence-electron chi connectivity index (χ4n) is 3.26. The number of aryl methyl sites for hydroxylation is 1. The van der Waals surface area contributed by atoms with E-state index in [0.29, 0.717) is 5.92 Å². The molecule has 0 unspecified atom stereocenters. The Balaban J connectivity index is 1.44. The maximum Gasteiger partial charge on any atom is 0.321 e. The summed E-state index contributed by atoms with van der Waals surface area (Å²) in [5.41, 5.74) is 3.13. The molecule has 1 saturated heterocycles. The predicted octanol–water partition coefficient (Wildman–Crippen LogP) is 4.63. The van der Waals surface area contributed by atoms with Gasteiger partial charge >= 0.3 is 6.03 Å². The summed E-state index contributed by atoms with van der Waals surface area (Å²) in [6.45, 7) is 3.57. The standard InChI is InChI=1S/C19H19N3OS/c1-13-20-17-8-7-16(11-18(17)24-13)21-19(23)22-10-9-15(12-22)14-5-3-2-4-6-14/h2-8,11,15H,9-10,12H2,1H3,(H,21,23)/t15-/m1/s1. The van der Waals surface area contributed by atoms with Crippen LogP contribution in [0.4, 0.5) is 10.5 Å². The van der Waals surface area contributed by atoms with Crippen molar-refractivity contribution in [1.82, 2.24) is 9.88 Å². The summed E-state index contributed by atoms with van der Waals surface area (Å²) in [5.74, 6) is 0.434. The van der Waals surface area contributed by atoms with Crippen LogP contribution in [0.1, 0.15) is 22.9 Å². The van der Waals surface area contributed by atoms with Crippen LogP contribution >= 0.6 is 11.3 Å². The third-order valence-electron chi connectivity index (χ3n) is 4.49. The molecule has 1 atom stereocenters. The molecular formula is C19H19N3OS. The first kappa shape index (κ1) is 15.1. The van der Waals surface area contributed by atoms with Gasteiger partial charge in [-0.3, -0.25) is 0 Å². The third-order valence-corrected chi connectivity index (χ3v) is 5.43. The number of anilines is 1. The van der Waals surface area contributed by atoms with Crippen LogP contribution in [0.3, 0.4) is 0 Å². The highest BCUT2D eigenvalue weighted by Crippen LogP contribution is 2.28. The van der Waals surface area contributed by atoms with Crippen LogP contribution in [-0.2, 0) is 0 Å². The van der Waals surface area contributed by atoms with Gasteiger partial charge in [-0.05, 0) is 37.1 Å². The molecule has 2 amide bonds. The molecule has 1 N–H and O–H groups in total. The Labute approximate surface area is 145 Å². The topological polar surface area (TPSA) is 45.2 Å². The molecule has 4 nitrogen and oxygen atoms in total. The molecule has 0 bridgehead atoms. The van der Waals surface area contributed by atoms with Crippen molar-refractivity contribution in [2.75, 3.05) is 18.4 Å². The minimum atomic E-state index is -0.0194. The Bertz CT molecular complexity index is 875. The lowest BCUT2D eigenvalue weighted by Crippen LogP contribution is -2.32. The Kier molecular flexibility index (Phi) is 3.94.